The predicted octanol–water partition coefficient (Wildman–Crippen LogP) is 3.59. The first kappa shape index (κ1) is 15.1. The van der Waals surface area contributed by atoms with Gasteiger partial charge in [0, 0.05) is 18.6 Å². The van der Waals surface area contributed by atoms with Gasteiger partial charge in [-0.2, -0.15) is 0 Å². The van der Waals surface area contributed by atoms with Crippen molar-refractivity contribution in [3.05, 3.63) is 11.6 Å². The Morgan fingerprint density at radius 1 is 1.16 bits per heavy atom. The normalized spacial score (nSPS) is 24.6. The minimum absolute atomic E-state index is 0.733. The average molecular weight is 264 g/mol. The van der Waals surface area contributed by atoms with E-state index >= 15 is 0 Å². The quantitative estimate of drug-likeness (QED) is 0.764. The predicted molar refractivity (Wildman–Crippen MR) is 83.4 cm³/mol. The van der Waals surface area contributed by atoms with Gasteiger partial charge in [0.2, 0.25) is 0 Å². The lowest BCUT2D eigenvalue weighted by Gasteiger charge is -2.34. The Labute approximate surface area is 119 Å². The Hall–Kier alpha value is -0.340. The summed E-state index contributed by atoms with van der Waals surface area (Å²) in [6.45, 7) is 10.5. The average Bonchev–Trinajstić information content (AvgIpc) is 2.92. The Morgan fingerprint density at radius 2 is 1.79 bits per heavy atom. The van der Waals surface area contributed by atoms with E-state index in [1.165, 1.54) is 57.2 Å². The van der Waals surface area contributed by atoms with Crippen molar-refractivity contribution in [2.75, 3.05) is 19.6 Å². The third-order valence-corrected chi connectivity index (χ3v) is 4.95. The van der Waals surface area contributed by atoms with Gasteiger partial charge in [0.25, 0.3) is 0 Å². The summed E-state index contributed by atoms with van der Waals surface area (Å²) in [5.74, 6) is 0.948. The Kier molecular flexibility index (Phi) is 5.90. The first-order chi connectivity index (χ1) is 9.15. The van der Waals surface area contributed by atoms with Crippen molar-refractivity contribution < 1.29 is 0 Å². The molecule has 2 heteroatoms. The molecule has 0 aromatic rings. The molecule has 2 fully saturated rings. The first-order valence-corrected chi connectivity index (χ1v) is 8.27. The molecule has 1 saturated heterocycles. The molecular formula is C17H32N2. The van der Waals surface area contributed by atoms with Crippen molar-refractivity contribution in [3.63, 3.8) is 0 Å². The molecule has 1 aliphatic carbocycles. The molecule has 1 aliphatic heterocycles. The van der Waals surface area contributed by atoms with E-state index in [9.17, 15) is 0 Å². The molecule has 1 heterocycles. The fraction of sp³-hybridized carbons (Fsp3) is 0.882. The second-order valence-electron chi connectivity index (χ2n) is 6.86. The van der Waals surface area contributed by atoms with Crippen molar-refractivity contribution in [3.8, 4) is 0 Å². The van der Waals surface area contributed by atoms with E-state index in [0.29, 0.717) is 0 Å². The molecule has 2 aliphatic rings. The van der Waals surface area contributed by atoms with Gasteiger partial charge in [-0.1, -0.05) is 24.5 Å². The van der Waals surface area contributed by atoms with Crippen LogP contribution in [0.2, 0.25) is 0 Å². The summed E-state index contributed by atoms with van der Waals surface area (Å²) in [6, 6.07) is 1.50. The minimum atomic E-state index is 0.733. The van der Waals surface area contributed by atoms with Gasteiger partial charge in [-0.25, -0.2) is 0 Å². The van der Waals surface area contributed by atoms with Crippen molar-refractivity contribution in [2.45, 2.75) is 71.4 Å². The van der Waals surface area contributed by atoms with Gasteiger partial charge in [-0.3, -0.25) is 4.90 Å². The van der Waals surface area contributed by atoms with Crippen LogP contribution in [0.5, 0.6) is 0 Å². The molecule has 0 bridgehead atoms. The molecule has 2 nitrogen and oxygen atoms in total. The van der Waals surface area contributed by atoms with Gasteiger partial charge >= 0.3 is 0 Å². The van der Waals surface area contributed by atoms with Crippen molar-refractivity contribution in [1.29, 1.82) is 0 Å². The van der Waals surface area contributed by atoms with Crippen LogP contribution in [0.4, 0.5) is 0 Å². The summed E-state index contributed by atoms with van der Waals surface area (Å²) in [5.41, 5.74) is 1.44. The molecule has 0 aromatic carbocycles. The second-order valence-corrected chi connectivity index (χ2v) is 6.86. The third-order valence-electron chi connectivity index (χ3n) is 4.95. The molecule has 1 saturated carbocycles. The van der Waals surface area contributed by atoms with E-state index in [1.807, 2.05) is 0 Å². The van der Waals surface area contributed by atoms with Gasteiger partial charge < -0.3 is 5.32 Å². The summed E-state index contributed by atoms with van der Waals surface area (Å²) in [6.07, 6.45) is 10.8. The molecular weight excluding hydrogens is 232 g/mol. The summed E-state index contributed by atoms with van der Waals surface area (Å²) < 4.78 is 0. The number of likely N-dealkylation sites (tertiary alicyclic amines) is 1. The van der Waals surface area contributed by atoms with Gasteiger partial charge in [0.1, 0.15) is 0 Å². The van der Waals surface area contributed by atoms with Crippen LogP contribution in [0.25, 0.3) is 0 Å². The van der Waals surface area contributed by atoms with Gasteiger partial charge in [-0.05, 0) is 65.5 Å². The fourth-order valence-electron chi connectivity index (χ4n) is 3.56. The monoisotopic (exact) mass is 264 g/mol. The third kappa shape index (κ3) is 4.92. The molecule has 0 aromatic heterocycles. The van der Waals surface area contributed by atoms with Crippen molar-refractivity contribution >= 4 is 0 Å². The topological polar surface area (TPSA) is 15.3 Å². The van der Waals surface area contributed by atoms with E-state index in [-0.39, 0.29) is 0 Å². The maximum Gasteiger partial charge on any atom is 0.0165 e. The van der Waals surface area contributed by atoms with Crippen molar-refractivity contribution in [2.24, 2.45) is 5.92 Å². The molecule has 1 atom stereocenters. The fourth-order valence-corrected chi connectivity index (χ4v) is 3.56. The van der Waals surface area contributed by atoms with Crippen LogP contribution in [0.15, 0.2) is 11.6 Å². The molecule has 0 radical (unpaired) electrons. The zero-order valence-corrected chi connectivity index (χ0v) is 13.1. The molecule has 110 valence electrons. The van der Waals surface area contributed by atoms with Crippen LogP contribution >= 0.6 is 0 Å². The van der Waals surface area contributed by atoms with Crippen LogP contribution in [-0.2, 0) is 0 Å². The van der Waals surface area contributed by atoms with Crippen LogP contribution in [0.3, 0.4) is 0 Å². The molecule has 0 amide bonds. The number of hydrogen-bond acceptors (Lipinski definition) is 2. The van der Waals surface area contributed by atoms with E-state index in [0.717, 1.165) is 24.5 Å². The van der Waals surface area contributed by atoms with Gasteiger partial charge in [-0.15, -0.1) is 0 Å². The van der Waals surface area contributed by atoms with Crippen LogP contribution in [0.1, 0.15) is 59.3 Å². The molecule has 2 rings (SSSR count). The van der Waals surface area contributed by atoms with Crippen molar-refractivity contribution in [1.82, 2.24) is 10.2 Å². The Balaban J connectivity index is 1.66. The number of hydrogen-bond donors (Lipinski definition) is 1. The summed E-state index contributed by atoms with van der Waals surface area (Å²) in [5, 5.41) is 3.90. The highest BCUT2D eigenvalue weighted by Gasteiger charge is 2.25. The summed E-state index contributed by atoms with van der Waals surface area (Å²) >= 11 is 0. The largest absolute Gasteiger partial charge is 0.311 e. The SMILES string of the molecule is CC(C)=CCN1CCC(NC(C)C2CCCC2)CC1. The lowest BCUT2D eigenvalue weighted by atomic mass is 9.96. The smallest absolute Gasteiger partial charge is 0.0165 e. The standard InChI is InChI=1S/C17H32N2/c1-14(2)8-11-19-12-9-17(10-13-19)18-15(3)16-6-4-5-7-16/h8,15-18H,4-7,9-13H2,1-3H3. The number of rotatable bonds is 5. The first-order valence-electron chi connectivity index (χ1n) is 8.27. The van der Waals surface area contributed by atoms with E-state index in [2.05, 4.69) is 37.1 Å². The summed E-state index contributed by atoms with van der Waals surface area (Å²) in [7, 11) is 0. The Bertz CT molecular complexity index is 280. The number of nitrogens with one attached hydrogen (secondary N) is 1. The van der Waals surface area contributed by atoms with E-state index in [1.54, 1.807) is 0 Å². The Morgan fingerprint density at radius 3 is 2.37 bits per heavy atom. The lowest BCUT2D eigenvalue weighted by Crippen LogP contribution is -2.47. The van der Waals surface area contributed by atoms with E-state index < -0.39 is 0 Å². The minimum Gasteiger partial charge on any atom is -0.311 e. The molecule has 19 heavy (non-hydrogen) atoms. The van der Waals surface area contributed by atoms with Gasteiger partial charge in [0.15, 0.2) is 0 Å². The van der Waals surface area contributed by atoms with Crippen LogP contribution in [0, 0.1) is 5.92 Å². The lowest BCUT2D eigenvalue weighted by molar-refractivity contribution is 0.198. The molecule has 0 spiro atoms. The summed E-state index contributed by atoms with van der Waals surface area (Å²) in [4.78, 5) is 2.59. The van der Waals surface area contributed by atoms with Gasteiger partial charge in [0.05, 0.1) is 0 Å². The maximum atomic E-state index is 3.90. The second kappa shape index (κ2) is 7.44. The van der Waals surface area contributed by atoms with Crippen LogP contribution < -0.4 is 5.32 Å². The van der Waals surface area contributed by atoms with E-state index in [4.69, 9.17) is 0 Å². The highest BCUT2D eigenvalue weighted by atomic mass is 15.1. The van der Waals surface area contributed by atoms with Crippen LogP contribution in [-0.4, -0.2) is 36.6 Å². The number of allylic oxidation sites excluding steroid dienone is 1. The number of piperidine rings is 1. The zero-order valence-electron chi connectivity index (χ0n) is 13.1. The highest BCUT2D eigenvalue weighted by molar-refractivity contribution is 4.96. The zero-order chi connectivity index (χ0) is 13.7. The molecule has 1 N–H and O–H groups in total. The maximum absolute atomic E-state index is 3.90. The highest BCUT2D eigenvalue weighted by Crippen LogP contribution is 2.28. The molecule has 1 unspecified atom stereocenters. The number of nitrogens with zero attached hydrogens (tertiary/aromatic N) is 1.